The number of benzene rings is 1. The van der Waals surface area contributed by atoms with Crippen molar-refractivity contribution in [2.45, 2.75) is 13.1 Å². The first kappa shape index (κ1) is 13.8. The Morgan fingerprint density at radius 1 is 1.24 bits per heavy atom. The minimum Gasteiger partial charge on any atom is -0.329 e. The van der Waals surface area contributed by atoms with E-state index in [1.54, 1.807) is 27.6 Å². The van der Waals surface area contributed by atoms with E-state index >= 15 is 0 Å². The third-order valence-electron chi connectivity index (χ3n) is 3.23. The number of nitrogens with zero attached hydrogens (tertiary/aromatic N) is 4. The summed E-state index contributed by atoms with van der Waals surface area (Å²) in [7, 11) is 0. The molecule has 21 heavy (non-hydrogen) atoms. The van der Waals surface area contributed by atoms with Crippen molar-refractivity contribution in [1.82, 2.24) is 19.3 Å². The molecule has 0 aliphatic carbocycles. The highest BCUT2D eigenvalue weighted by atomic mass is 35.5. The van der Waals surface area contributed by atoms with Crippen LogP contribution in [-0.2, 0) is 13.1 Å². The van der Waals surface area contributed by atoms with Gasteiger partial charge in [-0.15, -0.1) is 0 Å². The van der Waals surface area contributed by atoms with Crippen molar-refractivity contribution in [3.05, 3.63) is 57.7 Å². The lowest BCUT2D eigenvalue weighted by molar-refractivity contribution is 0.637. The van der Waals surface area contributed by atoms with Crippen LogP contribution in [0.5, 0.6) is 0 Å². The standard InChI is InChI=1S/C14H14ClN5O/c15-11-3-1-10(2-4-11)8-19-9-17-13-12(14(19)21)7-18-20(13)6-5-16/h1-4,7,9H,5-6,8,16H2. The van der Waals surface area contributed by atoms with E-state index in [0.717, 1.165) is 5.56 Å². The van der Waals surface area contributed by atoms with Crippen LogP contribution in [-0.4, -0.2) is 25.9 Å². The monoisotopic (exact) mass is 303 g/mol. The summed E-state index contributed by atoms with van der Waals surface area (Å²) in [5, 5.41) is 5.32. The van der Waals surface area contributed by atoms with Gasteiger partial charge in [-0.05, 0) is 17.7 Å². The van der Waals surface area contributed by atoms with Gasteiger partial charge in [-0.25, -0.2) is 9.67 Å². The van der Waals surface area contributed by atoms with Gasteiger partial charge < -0.3 is 5.73 Å². The molecule has 0 bridgehead atoms. The summed E-state index contributed by atoms with van der Waals surface area (Å²) in [6.07, 6.45) is 3.08. The Morgan fingerprint density at radius 2 is 2.00 bits per heavy atom. The maximum atomic E-state index is 12.4. The minimum absolute atomic E-state index is 0.113. The third-order valence-corrected chi connectivity index (χ3v) is 3.48. The third kappa shape index (κ3) is 2.68. The highest BCUT2D eigenvalue weighted by Gasteiger charge is 2.09. The molecule has 108 valence electrons. The van der Waals surface area contributed by atoms with Crippen molar-refractivity contribution in [2.24, 2.45) is 5.73 Å². The Bertz CT molecular complexity index is 821. The zero-order chi connectivity index (χ0) is 14.8. The molecule has 0 unspecified atom stereocenters. The van der Waals surface area contributed by atoms with Crippen molar-refractivity contribution >= 4 is 22.6 Å². The summed E-state index contributed by atoms with van der Waals surface area (Å²) in [5.74, 6) is 0. The van der Waals surface area contributed by atoms with Crippen LogP contribution in [0.15, 0.2) is 41.6 Å². The molecular formula is C14H14ClN5O. The van der Waals surface area contributed by atoms with Gasteiger partial charge >= 0.3 is 0 Å². The lowest BCUT2D eigenvalue weighted by Crippen LogP contribution is -2.21. The maximum absolute atomic E-state index is 12.4. The Balaban J connectivity index is 1.98. The van der Waals surface area contributed by atoms with Crippen LogP contribution >= 0.6 is 11.6 Å². The zero-order valence-electron chi connectivity index (χ0n) is 11.2. The van der Waals surface area contributed by atoms with E-state index in [9.17, 15) is 4.79 Å². The zero-order valence-corrected chi connectivity index (χ0v) is 12.0. The second-order valence-electron chi connectivity index (χ2n) is 4.70. The van der Waals surface area contributed by atoms with Crippen LogP contribution in [0.2, 0.25) is 5.02 Å². The summed E-state index contributed by atoms with van der Waals surface area (Å²) >= 11 is 5.85. The fourth-order valence-corrected chi connectivity index (χ4v) is 2.31. The van der Waals surface area contributed by atoms with Crippen molar-refractivity contribution < 1.29 is 0 Å². The summed E-state index contributed by atoms with van der Waals surface area (Å²) in [5.41, 5.74) is 6.95. The largest absolute Gasteiger partial charge is 0.329 e. The summed E-state index contributed by atoms with van der Waals surface area (Å²) in [6.45, 7) is 1.43. The second kappa shape index (κ2) is 5.67. The van der Waals surface area contributed by atoms with Crippen molar-refractivity contribution in [3.63, 3.8) is 0 Å². The number of halogens is 1. The van der Waals surface area contributed by atoms with Gasteiger partial charge in [0.25, 0.3) is 5.56 Å². The van der Waals surface area contributed by atoms with E-state index in [1.807, 2.05) is 12.1 Å². The van der Waals surface area contributed by atoms with E-state index in [1.165, 1.54) is 6.33 Å². The van der Waals surface area contributed by atoms with Crippen molar-refractivity contribution in [2.75, 3.05) is 6.54 Å². The van der Waals surface area contributed by atoms with Crippen LogP contribution in [0, 0.1) is 0 Å². The van der Waals surface area contributed by atoms with Gasteiger partial charge in [0, 0.05) is 11.6 Å². The molecule has 2 aromatic heterocycles. The van der Waals surface area contributed by atoms with Gasteiger partial charge in [0.1, 0.15) is 11.7 Å². The molecule has 3 rings (SSSR count). The Labute approximate surface area is 125 Å². The first-order valence-electron chi connectivity index (χ1n) is 6.54. The number of fused-ring (bicyclic) bond motifs is 1. The van der Waals surface area contributed by atoms with E-state index in [4.69, 9.17) is 17.3 Å². The quantitative estimate of drug-likeness (QED) is 0.787. The number of nitrogens with two attached hydrogens (primary N) is 1. The molecule has 0 radical (unpaired) electrons. The fourth-order valence-electron chi connectivity index (χ4n) is 2.18. The molecule has 0 aliphatic heterocycles. The van der Waals surface area contributed by atoms with Gasteiger partial charge in [0.05, 0.1) is 19.3 Å². The highest BCUT2D eigenvalue weighted by molar-refractivity contribution is 6.30. The molecule has 0 aliphatic rings. The maximum Gasteiger partial charge on any atom is 0.264 e. The van der Waals surface area contributed by atoms with Crippen LogP contribution in [0.25, 0.3) is 11.0 Å². The lowest BCUT2D eigenvalue weighted by Gasteiger charge is -2.06. The molecule has 2 heterocycles. The van der Waals surface area contributed by atoms with Gasteiger partial charge in [-0.3, -0.25) is 9.36 Å². The molecule has 0 saturated heterocycles. The molecule has 0 amide bonds. The van der Waals surface area contributed by atoms with Gasteiger partial charge in [-0.1, -0.05) is 23.7 Å². The van der Waals surface area contributed by atoms with Crippen LogP contribution in [0.4, 0.5) is 0 Å². The topological polar surface area (TPSA) is 78.7 Å². The average molecular weight is 304 g/mol. The summed E-state index contributed by atoms with van der Waals surface area (Å²) in [6, 6.07) is 7.37. The first-order valence-corrected chi connectivity index (χ1v) is 6.92. The Kier molecular flexibility index (Phi) is 3.72. The molecule has 2 N–H and O–H groups in total. The molecular weight excluding hydrogens is 290 g/mol. The van der Waals surface area contributed by atoms with E-state index in [0.29, 0.717) is 35.7 Å². The van der Waals surface area contributed by atoms with E-state index < -0.39 is 0 Å². The molecule has 1 aromatic carbocycles. The predicted molar refractivity (Wildman–Crippen MR) is 81.4 cm³/mol. The Morgan fingerprint density at radius 3 is 2.71 bits per heavy atom. The fraction of sp³-hybridized carbons (Fsp3) is 0.214. The predicted octanol–water partition coefficient (Wildman–Crippen LogP) is 1.25. The molecule has 7 heteroatoms. The lowest BCUT2D eigenvalue weighted by atomic mass is 10.2. The van der Waals surface area contributed by atoms with E-state index in [2.05, 4.69) is 10.1 Å². The SMILES string of the molecule is NCCn1ncc2c(=O)n(Cc3ccc(Cl)cc3)cnc21. The average Bonchev–Trinajstić information content (AvgIpc) is 2.89. The molecule has 0 atom stereocenters. The van der Waals surface area contributed by atoms with Crippen LogP contribution in [0.1, 0.15) is 5.56 Å². The van der Waals surface area contributed by atoms with E-state index in [-0.39, 0.29) is 5.56 Å². The number of hydrogen-bond donors (Lipinski definition) is 1. The smallest absolute Gasteiger partial charge is 0.264 e. The van der Waals surface area contributed by atoms with Crippen molar-refractivity contribution in [3.8, 4) is 0 Å². The van der Waals surface area contributed by atoms with Crippen molar-refractivity contribution in [1.29, 1.82) is 0 Å². The molecule has 6 nitrogen and oxygen atoms in total. The Hall–Kier alpha value is -2.18. The first-order chi connectivity index (χ1) is 10.2. The number of hydrogen-bond acceptors (Lipinski definition) is 4. The highest BCUT2D eigenvalue weighted by Crippen LogP contribution is 2.11. The minimum atomic E-state index is -0.113. The van der Waals surface area contributed by atoms with Gasteiger partial charge in [-0.2, -0.15) is 5.10 Å². The molecule has 0 spiro atoms. The second-order valence-corrected chi connectivity index (χ2v) is 5.13. The summed E-state index contributed by atoms with van der Waals surface area (Å²) in [4.78, 5) is 16.7. The number of aromatic nitrogens is 4. The summed E-state index contributed by atoms with van der Waals surface area (Å²) < 4.78 is 3.20. The molecule has 0 fully saturated rings. The number of rotatable bonds is 4. The van der Waals surface area contributed by atoms with Gasteiger partial charge in [0.2, 0.25) is 0 Å². The molecule has 3 aromatic rings. The van der Waals surface area contributed by atoms with Crippen LogP contribution < -0.4 is 11.3 Å². The molecule has 0 saturated carbocycles. The normalized spacial score (nSPS) is 11.1. The van der Waals surface area contributed by atoms with Crippen LogP contribution in [0.3, 0.4) is 0 Å². The van der Waals surface area contributed by atoms with Gasteiger partial charge in [0.15, 0.2) is 5.65 Å².